The van der Waals surface area contributed by atoms with Crippen LogP contribution in [-0.4, -0.2) is 33.1 Å². The fourth-order valence-electron chi connectivity index (χ4n) is 2.92. The van der Waals surface area contributed by atoms with E-state index in [2.05, 4.69) is 4.98 Å². The Kier molecular flexibility index (Phi) is 4.34. The number of amides is 1. The molecule has 1 fully saturated rings. The van der Waals surface area contributed by atoms with Gasteiger partial charge < -0.3 is 9.47 Å². The van der Waals surface area contributed by atoms with Gasteiger partial charge in [-0.3, -0.25) is 4.79 Å². The highest BCUT2D eigenvalue weighted by Gasteiger charge is 2.47. The molecule has 1 saturated carbocycles. The Morgan fingerprint density at radius 1 is 1.33 bits per heavy atom. The Hall–Kier alpha value is -2.31. The number of aryl methyl sites for hydroxylation is 1. The molecular formula is C17H18F3N3O. The Labute approximate surface area is 137 Å². The number of imidazole rings is 1. The van der Waals surface area contributed by atoms with Crippen LogP contribution in [0.15, 0.2) is 42.7 Å². The molecule has 0 unspecified atom stereocenters. The number of hydrogen-bond donors (Lipinski definition) is 0. The number of aromatic nitrogens is 2. The average Bonchev–Trinajstić information content (AvgIpc) is 3.23. The van der Waals surface area contributed by atoms with Crippen molar-refractivity contribution in [3.63, 3.8) is 0 Å². The SMILES string of the molecule is Cn1ccnc1CN(CC(F)(F)F)C(=O)[C@H]1C[C@H]1c1ccccc1. The van der Waals surface area contributed by atoms with Crippen LogP contribution in [0.4, 0.5) is 13.2 Å². The predicted octanol–water partition coefficient (Wildman–Crippen LogP) is 3.11. The summed E-state index contributed by atoms with van der Waals surface area (Å²) in [6, 6.07) is 9.43. The van der Waals surface area contributed by atoms with Gasteiger partial charge in [0.05, 0.1) is 6.54 Å². The molecule has 4 nitrogen and oxygen atoms in total. The van der Waals surface area contributed by atoms with Crippen molar-refractivity contribution in [1.29, 1.82) is 0 Å². The molecule has 7 heteroatoms. The number of benzene rings is 1. The van der Waals surface area contributed by atoms with E-state index in [1.54, 1.807) is 17.8 Å². The van der Waals surface area contributed by atoms with Crippen molar-refractivity contribution in [1.82, 2.24) is 14.5 Å². The fourth-order valence-corrected chi connectivity index (χ4v) is 2.92. The Morgan fingerprint density at radius 3 is 2.62 bits per heavy atom. The van der Waals surface area contributed by atoms with Crippen LogP contribution in [0.5, 0.6) is 0 Å². The van der Waals surface area contributed by atoms with Gasteiger partial charge in [0, 0.05) is 25.4 Å². The van der Waals surface area contributed by atoms with Crippen molar-refractivity contribution in [3.05, 3.63) is 54.1 Å². The lowest BCUT2D eigenvalue weighted by atomic mass is 10.1. The zero-order chi connectivity index (χ0) is 17.3. The molecule has 0 N–H and O–H groups in total. The van der Waals surface area contributed by atoms with Crippen molar-refractivity contribution in [3.8, 4) is 0 Å². The van der Waals surface area contributed by atoms with Crippen LogP contribution in [0, 0.1) is 5.92 Å². The summed E-state index contributed by atoms with van der Waals surface area (Å²) in [5.74, 6) is -0.389. The van der Waals surface area contributed by atoms with Crippen LogP contribution in [0.3, 0.4) is 0 Å². The third kappa shape index (κ3) is 3.77. The number of carbonyl (C=O) groups excluding carboxylic acids is 1. The zero-order valence-corrected chi connectivity index (χ0v) is 13.2. The number of rotatable bonds is 5. The second-order valence-corrected chi connectivity index (χ2v) is 6.12. The molecule has 3 rings (SSSR count). The van der Waals surface area contributed by atoms with Gasteiger partial charge in [-0.1, -0.05) is 30.3 Å². The molecule has 2 aromatic rings. The van der Waals surface area contributed by atoms with E-state index in [1.165, 1.54) is 6.20 Å². The highest BCUT2D eigenvalue weighted by atomic mass is 19.4. The normalized spacial score (nSPS) is 20.0. The molecular weight excluding hydrogens is 319 g/mol. The molecule has 0 spiro atoms. The second-order valence-electron chi connectivity index (χ2n) is 6.12. The topological polar surface area (TPSA) is 38.1 Å². The lowest BCUT2D eigenvalue weighted by molar-refractivity contribution is -0.163. The van der Waals surface area contributed by atoms with E-state index in [4.69, 9.17) is 0 Å². The van der Waals surface area contributed by atoms with E-state index in [1.807, 2.05) is 30.3 Å². The third-order valence-corrected chi connectivity index (χ3v) is 4.27. The number of nitrogens with zero attached hydrogens (tertiary/aromatic N) is 3. The Bertz CT molecular complexity index is 711. The maximum absolute atomic E-state index is 12.9. The summed E-state index contributed by atoms with van der Waals surface area (Å²) < 4.78 is 40.3. The zero-order valence-electron chi connectivity index (χ0n) is 13.2. The van der Waals surface area contributed by atoms with Gasteiger partial charge in [0.1, 0.15) is 12.4 Å². The molecule has 0 aliphatic heterocycles. The van der Waals surface area contributed by atoms with Gasteiger partial charge in [0.15, 0.2) is 0 Å². The molecule has 1 heterocycles. The third-order valence-electron chi connectivity index (χ3n) is 4.27. The first-order valence-electron chi connectivity index (χ1n) is 7.72. The Morgan fingerprint density at radius 2 is 2.04 bits per heavy atom. The summed E-state index contributed by atoms with van der Waals surface area (Å²) in [7, 11) is 1.70. The molecule has 24 heavy (non-hydrogen) atoms. The maximum Gasteiger partial charge on any atom is 0.406 e. The van der Waals surface area contributed by atoms with Crippen molar-refractivity contribution in [2.45, 2.75) is 25.1 Å². The van der Waals surface area contributed by atoms with Gasteiger partial charge in [-0.25, -0.2) is 4.98 Å². The lowest BCUT2D eigenvalue weighted by Gasteiger charge is -2.24. The van der Waals surface area contributed by atoms with Gasteiger partial charge in [-0.05, 0) is 17.9 Å². The number of hydrogen-bond acceptors (Lipinski definition) is 2. The minimum absolute atomic E-state index is 0.0100. The molecule has 1 aliphatic carbocycles. The first-order chi connectivity index (χ1) is 11.3. The summed E-state index contributed by atoms with van der Waals surface area (Å²) in [5, 5.41) is 0. The molecule has 128 valence electrons. The van der Waals surface area contributed by atoms with E-state index < -0.39 is 18.6 Å². The van der Waals surface area contributed by atoms with Gasteiger partial charge in [0.2, 0.25) is 5.91 Å². The van der Waals surface area contributed by atoms with Gasteiger partial charge in [-0.15, -0.1) is 0 Å². The summed E-state index contributed by atoms with van der Waals surface area (Å²) in [6.07, 6.45) is -0.680. The van der Waals surface area contributed by atoms with E-state index in [-0.39, 0.29) is 18.4 Å². The number of halogens is 3. The first-order valence-corrected chi connectivity index (χ1v) is 7.72. The molecule has 1 aromatic heterocycles. The highest BCUT2D eigenvalue weighted by Crippen LogP contribution is 2.48. The van der Waals surface area contributed by atoms with E-state index in [0.717, 1.165) is 10.5 Å². The highest BCUT2D eigenvalue weighted by molar-refractivity contribution is 5.83. The van der Waals surface area contributed by atoms with Crippen molar-refractivity contribution in [2.24, 2.45) is 13.0 Å². The summed E-state index contributed by atoms with van der Waals surface area (Å²) in [6.45, 7) is -1.39. The van der Waals surface area contributed by atoms with Crippen LogP contribution in [0.2, 0.25) is 0 Å². The molecule has 1 aromatic carbocycles. The van der Waals surface area contributed by atoms with Gasteiger partial charge >= 0.3 is 6.18 Å². The second kappa shape index (κ2) is 6.30. The maximum atomic E-state index is 12.9. The van der Waals surface area contributed by atoms with Crippen molar-refractivity contribution < 1.29 is 18.0 Å². The molecule has 2 atom stereocenters. The minimum atomic E-state index is -4.43. The van der Waals surface area contributed by atoms with E-state index in [0.29, 0.717) is 12.2 Å². The van der Waals surface area contributed by atoms with Gasteiger partial charge in [0.25, 0.3) is 0 Å². The standard InChI is InChI=1S/C17H18F3N3O/c1-22-8-7-21-15(22)10-23(11-17(18,19)20)16(24)14-9-13(14)12-5-3-2-4-6-12/h2-8,13-14H,9-11H2,1H3/t13-,14-/m0/s1. The van der Waals surface area contributed by atoms with Crippen LogP contribution in [0.25, 0.3) is 0 Å². The molecule has 0 bridgehead atoms. The van der Waals surface area contributed by atoms with Crippen LogP contribution in [0.1, 0.15) is 23.7 Å². The summed E-state index contributed by atoms with van der Waals surface area (Å²) in [4.78, 5) is 17.5. The summed E-state index contributed by atoms with van der Waals surface area (Å²) in [5.41, 5.74) is 1.000. The summed E-state index contributed by atoms with van der Waals surface area (Å²) >= 11 is 0. The Balaban J connectivity index is 1.73. The minimum Gasteiger partial charge on any atom is -0.337 e. The molecule has 0 saturated heterocycles. The quantitative estimate of drug-likeness (QED) is 0.841. The number of alkyl halides is 3. The van der Waals surface area contributed by atoms with Crippen LogP contribution >= 0.6 is 0 Å². The fraction of sp³-hybridized carbons (Fsp3) is 0.412. The van der Waals surface area contributed by atoms with Crippen molar-refractivity contribution in [2.75, 3.05) is 6.54 Å². The van der Waals surface area contributed by atoms with Crippen LogP contribution in [-0.2, 0) is 18.4 Å². The largest absolute Gasteiger partial charge is 0.406 e. The number of carbonyl (C=O) groups is 1. The monoisotopic (exact) mass is 337 g/mol. The van der Waals surface area contributed by atoms with E-state index >= 15 is 0 Å². The molecule has 0 radical (unpaired) electrons. The van der Waals surface area contributed by atoms with Crippen molar-refractivity contribution >= 4 is 5.91 Å². The van der Waals surface area contributed by atoms with Gasteiger partial charge in [-0.2, -0.15) is 13.2 Å². The lowest BCUT2D eigenvalue weighted by Crippen LogP contribution is -2.40. The van der Waals surface area contributed by atoms with E-state index in [9.17, 15) is 18.0 Å². The first kappa shape index (κ1) is 16.5. The smallest absolute Gasteiger partial charge is 0.337 e. The molecule has 1 amide bonds. The predicted molar refractivity (Wildman–Crippen MR) is 82.0 cm³/mol. The molecule has 1 aliphatic rings. The average molecular weight is 337 g/mol. The van der Waals surface area contributed by atoms with Crippen LogP contribution < -0.4 is 0 Å².